The Kier molecular flexibility index (Phi) is 8.33. The van der Waals surface area contributed by atoms with Crippen molar-refractivity contribution < 1.29 is 4.42 Å². The van der Waals surface area contributed by atoms with Crippen LogP contribution < -0.4 is 16.2 Å². The summed E-state index contributed by atoms with van der Waals surface area (Å²) in [6.45, 7) is 13.7. The van der Waals surface area contributed by atoms with Crippen LogP contribution in [0, 0.1) is 0 Å². The van der Waals surface area contributed by atoms with Crippen LogP contribution in [0.15, 0.2) is 168 Å². The molecule has 0 radical (unpaired) electrons. The first-order valence-corrected chi connectivity index (χ1v) is 22.9. The molecule has 63 heavy (non-hydrogen) atoms. The smallest absolute Gasteiger partial charge is 0.198 e. The largest absolute Gasteiger partial charge is 0.455 e. The Morgan fingerprint density at radius 1 is 0.540 bits per heavy atom. The van der Waals surface area contributed by atoms with Gasteiger partial charge in [-0.1, -0.05) is 156 Å². The van der Waals surface area contributed by atoms with E-state index >= 15 is 0 Å². The van der Waals surface area contributed by atoms with E-state index in [1.165, 1.54) is 80.8 Å². The predicted molar refractivity (Wildman–Crippen MR) is 273 cm³/mol. The number of fused-ring (bicyclic) bond motifs is 9. The van der Waals surface area contributed by atoms with E-state index in [1.807, 2.05) is 11.3 Å². The number of thiophene rings is 1. The van der Waals surface area contributed by atoms with Gasteiger partial charge in [0.15, 0.2) is 7.28 Å². The van der Waals surface area contributed by atoms with Gasteiger partial charge in [-0.25, -0.2) is 0 Å². The summed E-state index contributed by atoms with van der Waals surface area (Å²) in [4.78, 5) is 0. The van der Waals surface area contributed by atoms with E-state index in [4.69, 9.17) is 4.42 Å². The van der Waals surface area contributed by atoms with Gasteiger partial charge in [0.25, 0.3) is 0 Å². The van der Waals surface area contributed by atoms with Crippen molar-refractivity contribution in [3.8, 4) is 39.3 Å². The molecule has 8 aromatic carbocycles. The average molecular weight is 831 g/mol. The third kappa shape index (κ3) is 6.08. The van der Waals surface area contributed by atoms with Gasteiger partial charge in [-0.05, 0) is 93.1 Å². The fourth-order valence-corrected chi connectivity index (χ4v) is 11.1. The molecule has 0 spiro atoms. The van der Waals surface area contributed by atoms with Crippen molar-refractivity contribution in [3.63, 3.8) is 0 Å². The maximum absolute atomic E-state index is 6.99. The zero-order valence-corrected chi connectivity index (χ0v) is 37.4. The molecule has 4 heterocycles. The van der Waals surface area contributed by atoms with Crippen LogP contribution in [-0.2, 0) is 10.8 Å². The first-order valence-electron chi connectivity index (χ1n) is 22.1. The third-order valence-electron chi connectivity index (χ3n) is 13.3. The van der Waals surface area contributed by atoms with Gasteiger partial charge in [0.05, 0.1) is 5.52 Å². The van der Waals surface area contributed by atoms with Crippen molar-refractivity contribution in [2.24, 2.45) is 0 Å². The molecular weight excluding hydrogens is 784 g/mol. The lowest BCUT2D eigenvalue weighted by Crippen LogP contribution is -2.37. The van der Waals surface area contributed by atoms with E-state index in [9.17, 15) is 0 Å². The van der Waals surface area contributed by atoms with Gasteiger partial charge < -0.3 is 14.3 Å². The Hall–Kier alpha value is -6.82. The van der Waals surface area contributed by atoms with E-state index in [1.54, 1.807) is 0 Å². The zero-order chi connectivity index (χ0) is 42.8. The summed E-state index contributed by atoms with van der Waals surface area (Å²) in [6.07, 6.45) is 0. The van der Waals surface area contributed by atoms with Crippen LogP contribution >= 0.6 is 11.3 Å². The van der Waals surface area contributed by atoms with Gasteiger partial charge in [0.2, 0.25) is 0 Å². The van der Waals surface area contributed by atoms with Gasteiger partial charge >= 0.3 is 0 Å². The number of aromatic nitrogens is 1. The minimum atomic E-state index is -0.0309. The SMILES string of the molecule is CC(C)(C)c1ccc(Nc2ccc(C(C)(C)C)cc2-c2ccc3c4cc5c(cc4n4c3c2Bc2cc3oc(-c6ccccc6)c(-c6ccccc6)c3cc2-4)sc2ccccc25)cc1. The molecule has 0 aliphatic carbocycles. The van der Waals surface area contributed by atoms with E-state index in [0.717, 1.165) is 52.1 Å². The fraction of sp³-hybridized carbons (Fsp3) is 0.138. The van der Waals surface area contributed by atoms with E-state index in [0.29, 0.717) is 0 Å². The molecule has 0 saturated heterocycles. The highest BCUT2D eigenvalue weighted by molar-refractivity contribution is 7.25. The lowest BCUT2D eigenvalue weighted by Gasteiger charge is -2.26. The molecule has 0 unspecified atom stereocenters. The highest BCUT2D eigenvalue weighted by Gasteiger charge is 2.30. The Balaban J connectivity index is 1.15. The van der Waals surface area contributed by atoms with Crippen LogP contribution in [0.2, 0.25) is 0 Å². The molecule has 1 aliphatic heterocycles. The summed E-state index contributed by atoms with van der Waals surface area (Å²) in [5, 5.41) is 10.2. The molecule has 0 fully saturated rings. The normalized spacial score (nSPS) is 12.7. The first-order chi connectivity index (χ1) is 30.5. The number of benzene rings is 8. The number of hydrogen-bond acceptors (Lipinski definition) is 3. The summed E-state index contributed by atoms with van der Waals surface area (Å²) in [5.41, 5.74) is 17.9. The van der Waals surface area contributed by atoms with Gasteiger partial charge in [0.1, 0.15) is 11.3 Å². The minimum Gasteiger partial charge on any atom is -0.455 e. The van der Waals surface area contributed by atoms with E-state index < -0.39 is 0 Å². The van der Waals surface area contributed by atoms with Crippen LogP contribution in [0.5, 0.6) is 0 Å². The molecular formula is C58H47BN2OS. The second kappa shape index (κ2) is 13.8. The van der Waals surface area contributed by atoms with Gasteiger partial charge in [-0.15, -0.1) is 11.3 Å². The number of furan rings is 1. The molecule has 1 aliphatic rings. The van der Waals surface area contributed by atoms with E-state index in [2.05, 4.69) is 215 Å². The third-order valence-corrected chi connectivity index (χ3v) is 14.5. The van der Waals surface area contributed by atoms with Crippen molar-refractivity contribution in [1.29, 1.82) is 0 Å². The summed E-state index contributed by atoms with van der Waals surface area (Å²) in [7, 11) is 0.771. The topological polar surface area (TPSA) is 30.1 Å². The molecule has 304 valence electrons. The van der Waals surface area contributed by atoms with Gasteiger partial charge in [0, 0.05) is 75.6 Å². The summed E-state index contributed by atoms with van der Waals surface area (Å²) in [6, 6.07) is 60.6. The van der Waals surface area contributed by atoms with E-state index in [-0.39, 0.29) is 10.8 Å². The summed E-state index contributed by atoms with van der Waals surface area (Å²) < 4.78 is 12.2. The van der Waals surface area contributed by atoms with Crippen molar-refractivity contribution >= 4 is 93.9 Å². The number of nitrogens with one attached hydrogen (secondary N) is 1. The van der Waals surface area contributed by atoms with Gasteiger partial charge in [-0.2, -0.15) is 0 Å². The minimum absolute atomic E-state index is 0.0309. The highest BCUT2D eigenvalue weighted by atomic mass is 32.1. The van der Waals surface area contributed by atoms with Crippen LogP contribution in [-0.4, -0.2) is 11.8 Å². The van der Waals surface area contributed by atoms with Crippen molar-refractivity contribution in [2.45, 2.75) is 52.4 Å². The standard InChI is InChI=1S/C58H47BN2OS/c1-57(2,3)36-21-24-38(25-22-36)60-47-28-23-37(58(4,5)6)29-42(47)40-26-27-41-43-30-44-39-19-13-14-20-51(39)63-52(44)33-48(43)61-49-31-45-50(32-46(49)59-54(40)55(41)61)62-56(35-17-11-8-12-18-35)53(45)34-15-9-7-10-16-34/h7-33,59-60H,1-6H3. The molecule has 1 N–H and O–H groups in total. The van der Waals surface area contributed by atoms with Crippen LogP contribution in [0.25, 0.3) is 92.2 Å². The monoisotopic (exact) mass is 830 g/mol. The molecule has 0 atom stereocenters. The maximum Gasteiger partial charge on any atom is 0.198 e. The van der Waals surface area contributed by atoms with Crippen molar-refractivity contribution in [1.82, 2.24) is 4.57 Å². The second-order valence-electron chi connectivity index (χ2n) is 19.4. The van der Waals surface area contributed by atoms with Crippen LogP contribution in [0.3, 0.4) is 0 Å². The number of rotatable bonds is 5. The Bertz CT molecular complexity index is 3620. The van der Waals surface area contributed by atoms with Crippen molar-refractivity contribution in [2.75, 3.05) is 5.32 Å². The second-order valence-corrected chi connectivity index (χ2v) is 20.5. The summed E-state index contributed by atoms with van der Waals surface area (Å²) in [5.74, 6) is 0.900. The lowest BCUT2D eigenvalue weighted by molar-refractivity contribution is 0.590. The van der Waals surface area contributed by atoms with Crippen molar-refractivity contribution in [3.05, 3.63) is 175 Å². The number of hydrogen-bond donors (Lipinski definition) is 1. The average Bonchev–Trinajstić information content (AvgIpc) is 3.95. The fourth-order valence-electron chi connectivity index (χ4n) is 10.0. The highest BCUT2D eigenvalue weighted by Crippen LogP contribution is 2.46. The zero-order valence-electron chi connectivity index (χ0n) is 36.6. The van der Waals surface area contributed by atoms with Crippen LogP contribution in [0.4, 0.5) is 11.4 Å². The Morgan fingerprint density at radius 3 is 1.98 bits per heavy atom. The number of nitrogens with zero attached hydrogens (tertiary/aromatic N) is 1. The molecule has 0 amide bonds. The Labute approximate surface area is 372 Å². The molecule has 3 nitrogen and oxygen atoms in total. The predicted octanol–water partition coefficient (Wildman–Crippen LogP) is 14.9. The molecule has 3 aromatic heterocycles. The molecule has 12 rings (SSSR count). The summed E-state index contributed by atoms with van der Waals surface area (Å²) >= 11 is 1.88. The quantitative estimate of drug-likeness (QED) is 0.175. The van der Waals surface area contributed by atoms with Crippen LogP contribution in [0.1, 0.15) is 52.7 Å². The first kappa shape index (κ1) is 37.9. The Morgan fingerprint density at radius 2 is 1.24 bits per heavy atom. The molecule has 0 bridgehead atoms. The molecule has 0 saturated carbocycles. The molecule has 5 heteroatoms. The van der Waals surface area contributed by atoms with Gasteiger partial charge in [-0.3, -0.25) is 0 Å². The number of anilines is 2. The maximum atomic E-state index is 6.99. The lowest BCUT2D eigenvalue weighted by atomic mass is 9.59. The molecule has 11 aromatic rings.